The number of hydrogen-bond acceptors (Lipinski definition) is 2. The van der Waals surface area contributed by atoms with Gasteiger partial charge in [0.15, 0.2) is 0 Å². The first-order valence-corrected chi connectivity index (χ1v) is 17.6. The van der Waals surface area contributed by atoms with E-state index >= 15 is 0 Å². The summed E-state index contributed by atoms with van der Waals surface area (Å²) in [6, 6.07) is 21.5. The van der Waals surface area contributed by atoms with Crippen molar-refractivity contribution in [2.75, 3.05) is 0 Å². The van der Waals surface area contributed by atoms with Crippen molar-refractivity contribution in [2.24, 2.45) is 0 Å². The Balaban J connectivity index is 0.000000434. The first-order chi connectivity index (χ1) is 14.2. The third-order valence-electron chi connectivity index (χ3n) is 3.53. The van der Waals surface area contributed by atoms with Gasteiger partial charge in [0.25, 0.3) is 0 Å². The van der Waals surface area contributed by atoms with Gasteiger partial charge in [0.1, 0.15) is 0 Å². The summed E-state index contributed by atoms with van der Waals surface area (Å²) < 4.78 is 11.4. The maximum Gasteiger partial charge on any atom is 2.00 e. The van der Waals surface area contributed by atoms with Gasteiger partial charge in [-0.25, -0.2) is 0 Å². The SMILES string of the molecule is C1=CCCC=CCC1.C[Si](C)(C)Oc1[c-]cccc1.C[Si](C)(C)Oc1[c-]cccc1.[Pt+2]. The fourth-order valence-corrected chi connectivity index (χ4v) is 3.97. The topological polar surface area (TPSA) is 18.5 Å². The predicted octanol–water partition coefficient (Wildman–Crippen LogP) is 8.07. The van der Waals surface area contributed by atoms with Crippen molar-refractivity contribution in [3.8, 4) is 11.5 Å². The van der Waals surface area contributed by atoms with E-state index < -0.39 is 16.6 Å². The Bertz CT molecular complexity index is 656. The molecule has 0 radical (unpaired) electrons. The van der Waals surface area contributed by atoms with Crippen LogP contribution in [0, 0.1) is 12.1 Å². The molecule has 0 fully saturated rings. The van der Waals surface area contributed by atoms with E-state index in [9.17, 15) is 0 Å². The summed E-state index contributed by atoms with van der Waals surface area (Å²) in [5, 5.41) is 0. The standard InChI is InChI=1S/2C9H13OSi.C8H12.Pt/c2*1-11(2,3)10-9-7-5-4-6-8-9;1-2-4-6-8-7-5-3-1;/h2*4-7H,1-3H3;1-2,7-8H,3-6H2;/q2*-1;;+2. The molecular weight excluding hydrogens is 596 g/mol. The minimum absolute atomic E-state index is 0. The monoisotopic (exact) mass is 633 g/mol. The predicted molar refractivity (Wildman–Crippen MR) is 135 cm³/mol. The van der Waals surface area contributed by atoms with Gasteiger partial charge in [-0.05, 0) is 76.5 Å². The first-order valence-electron chi connectivity index (χ1n) is 10.8. The van der Waals surface area contributed by atoms with Crippen LogP contribution >= 0.6 is 0 Å². The summed E-state index contributed by atoms with van der Waals surface area (Å²) in [6.45, 7) is 13.0. The number of para-hydroxylation sites is 2. The van der Waals surface area contributed by atoms with Gasteiger partial charge in [-0.3, -0.25) is 0 Å². The molecule has 0 aliphatic heterocycles. The van der Waals surface area contributed by atoms with Crippen LogP contribution in [0.4, 0.5) is 0 Å². The normalized spacial score (nSPS) is 13.1. The van der Waals surface area contributed by atoms with Gasteiger partial charge in [0.2, 0.25) is 16.6 Å². The molecule has 31 heavy (non-hydrogen) atoms. The third kappa shape index (κ3) is 19.1. The molecule has 3 rings (SSSR count). The zero-order valence-corrected chi connectivity index (χ0v) is 24.2. The maximum atomic E-state index is 5.68. The van der Waals surface area contributed by atoms with Crippen LogP contribution in [-0.2, 0) is 21.1 Å². The molecule has 5 heteroatoms. The van der Waals surface area contributed by atoms with Crippen molar-refractivity contribution in [1.82, 2.24) is 0 Å². The van der Waals surface area contributed by atoms with Crippen molar-refractivity contribution in [2.45, 2.75) is 65.0 Å². The Labute approximate surface area is 207 Å². The van der Waals surface area contributed by atoms with Gasteiger partial charge in [-0.1, -0.05) is 24.3 Å². The number of benzene rings is 2. The van der Waals surface area contributed by atoms with Crippen LogP contribution in [-0.4, -0.2) is 16.6 Å². The largest absolute Gasteiger partial charge is 2.00 e. The third-order valence-corrected chi connectivity index (χ3v) is 5.19. The minimum Gasteiger partial charge on any atom is -0.565 e. The smallest absolute Gasteiger partial charge is 0.565 e. The van der Waals surface area contributed by atoms with E-state index in [4.69, 9.17) is 8.85 Å². The van der Waals surface area contributed by atoms with E-state index in [1.807, 2.05) is 48.5 Å². The molecule has 1 aliphatic rings. The van der Waals surface area contributed by atoms with E-state index in [0.29, 0.717) is 0 Å². The molecule has 0 unspecified atom stereocenters. The zero-order valence-electron chi connectivity index (χ0n) is 19.9. The Morgan fingerprint density at radius 1 is 0.581 bits per heavy atom. The summed E-state index contributed by atoms with van der Waals surface area (Å²) in [5.41, 5.74) is 0. The zero-order chi connectivity index (χ0) is 22.3. The van der Waals surface area contributed by atoms with Crippen molar-refractivity contribution >= 4 is 16.6 Å². The summed E-state index contributed by atoms with van der Waals surface area (Å²) in [4.78, 5) is 0. The second kappa shape index (κ2) is 16.3. The van der Waals surface area contributed by atoms with Gasteiger partial charge in [-0.2, -0.15) is 36.4 Å². The first kappa shape index (κ1) is 29.6. The molecule has 0 spiro atoms. The van der Waals surface area contributed by atoms with Crippen molar-refractivity contribution in [3.63, 3.8) is 0 Å². The summed E-state index contributed by atoms with van der Waals surface area (Å²) in [7, 11) is -2.86. The van der Waals surface area contributed by atoms with E-state index in [2.05, 4.69) is 75.7 Å². The molecule has 0 saturated carbocycles. The summed E-state index contributed by atoms with van der Waals surface area (Å²) in [6.07, 6.45) is 14.0. The fourth-order valence-electron chi connectivity index (χ4n) is 2.40. The van der Waals surface area contributed by atoms with Crippen LogP contribution in [0.1, 0.15) is 25.7 Å². The van der Waals surface area contributed by atoms with Crippen molar-refractivity contribution < 1.29 is 29.9 Å². The van der Waals surface area contributed by atoms with Gasteiger partial charge in [-0.15, -0.1) is 24.3 Å². The van der Waals surface area contributed by atoms with Crippen LogP contribution in [0.25, 0.3) is 0 Å². The van der Waals surface area contributed by atoms with Crippen LogP contribution in [0.2, 0.25) is 39.3 Å². The Kier molecular flexibility index (Phi) is 15.6. The van der Waals surface area contributed by atoms with Crippen molar-refractivity contribution in [1.29, 1.82) is 0 Å². The maximum absolute atomic E-state index is 5.68. The van der Waals surface area contributed by atoms with E-state index in [0.717, 1.165) is 11.5 Å². The van der Waals surface area contributed by atoms with Crippen LogP contribution < -0.4 is 8.85 Å². The van der Waals surface area contributed by atoms with Crippen LogP contribution in [0.5, 0.6) is 11.5 Å². The minimum atomic E-state index is -1.43. The molecule has 0 aromatic heterocycles. The second-order valence-corrected chi connectivity index (χ2v) is 17.8. The van der Waals surface area contributed by atoms with E-state index in [-0.39, 0.29) is 21.1 Å². The Morgan fingerprint density at radius 3 is 1.13 bits per heavy atom. The van der Waals surface area contributed by atoms with E-state index in [1.54, 1.807) is 0 Å². The number of rotatable bonds is 4. The molecule has 2 nitrogen and oxygen atoms in total. The fraction of sp³-hybridized carbons (Fsp3) is 0.385. The molecular formula is C26H38O2PtSi2. The van der Waals surface area contributed by atoms with Gasteiger partial charge in [0, 0.05) is 0 Å². The van der Waals surface area contributed by atoms with Crippen molar-refractivity contribution in [3.05, 3.63) is 85.0 Å². The molecule has 2 aromatic carbocycles. The molecule has 1 aliphatic carbocycles. The molecule has 2 aromatic rings. The second-order valence-electron chi connectivity index (χ2n) is 8.98. The van der Waals surface area contributed by atoms with Gasteiger partial charge >= 0.3 is 21.1 Å². The average Bonchev–Trinajstić information content (AvgIpc) is 2.61. The molecule has 0 atom stereocenters. The Morgan fingerprint density at radius 2 is 0.903 bits per heavy atom. The number of allylic oxidation sites excluding steroid dienone is 4. The number of hydrogen-bond donors (Lipinski definition) is 0. The van der Waals surface area contributed by atoms with Crippen LogP contribution in [0.3, 0.4) is 0 Å². The molecule has 0 bridgehead atoms. The summed E-state index contributed by atoms with van der Waals surface area (Å²) >= 11 is 0. The van der Waals surface area contributed by atoms with Gasteiger partial charge in [0.05, 0.1) is 0 Å². The summed E-state index contributed by atoms with van der Waals surface area (Å²) in [5.74, 6) is 1.73. The average molecular weight is 634 g/mol. The van der Waals surface area contributed by atoms with Crippen LogP contribution in [0.15, 0.2) is 72.8 Å². The molecule has 0 amide bonds. The quantitative estimate of drug-likeness (QED) is 0.193. The molecule has 0 saturated heterocycles. The Hall–Kier alpha value is -1.36. The van der Waals surface area contributed by atoms with E-state index in [1.165, 1.54) is 25.7 Å². The molecule has 0 heterocycles. The molecule has 0 N–H and O–H groups in total. The molecule has 172 valence electrons. The van der Waals surface area contributed by atoms with Gasteiger partial charge < -0.3 is 8.85 Å².